The first-order valence-corrected chi connectivity index (χ1v) is 5.76. The molecule has 0 aliphatic carbocycles. The predicted molar refractivity (Wildman–Crippen MR) is 64.6 cm³/mol. The molecule has 1 aromatic carbocycles. The molecule has 0 heterocycles. The van der Waals surface area contributed by atoms with E-state index in [1.54, 1.807) is 0 Å². The minimum Gasteiger partial charge on any atom is -0.327 e. The average molecular weight is 258 g/mol. The van der Waals surface area contributed by atoms with Crippen LogP contribution >= 0.6 is 0 Å². The van der Waals surface area contributed by atoms with Gasteiger partial charge < -0.3 is 5.73 Å². The van der Waals surface area contributed by atoms with Gasteiger partial charge in [0.05, 0.1) is 4.92 Å². The molecule has 2 N–H and O–H groups in total. The van der Waals surface area contributed by atoms with Crippen molar-refractivity contribution in [1.82, 2.24) is 0 Å². The molecule has 6 heteroatoms. The van der Waals surface area contributed by atoms with Crippen LogP contribution in [0.1, 0.15) is 37.3 Å². The van der Waals surface area contributed by atoms with Crippen LogP contribution in [0.3, 0.4) is 0 Å². The molecule has 0 fully saturated rings. The summed E-state index contributed by atoms with van der Waals surface area (Å²) < 4.78 is 25.7. The Labute approximate surface area is 104 Å². The summed E-state index contributed by atoms with van der Waals surface area (Å²) in [5.41, 5.74) is 5.57. The van der Waals surface area contributed by atoms with Crippen molar-refractivity contribution in [2.24, 2.45) is 5.73 Å². The number of nitro groups is 1. The maximum absolute atomic E-state index is 12.8. The van der Waals surface area contributed by atoms with Gasteiger partial charge in [0.25, 0.3) is 12.1 Å². The van der Waals surface area contributed by atoms with Gasteiger partial charge in [-0.25, -0.2) is 8.78 Å². The first kappa shape index (κ1) is 14.5. The van der Waals surface area contributed by atoms with Crippen LogP contribution in [0, 0.1) is 10.1 Å². The molecule has 4 nitrogen and oxygen atoms in total. The number of nitrogens with two attached hydrogens (primary N) is 1. The van der Waals surface area contributed by atoms with Crippen molar-refractivity contribution >= 4 is 5.69 Å². The first-order chi connectivity index (χ1) is 8.45. The lowest BCUT2D eigenvalue weighted by Gasteiger charge is -2.13. The first-order valence-electron chi connectivity index (χ1n) is 5.76. The molecule has 0 saturated heterocycles. The molecule has 0 saturated carbocycles. The Morgan fingerprint density at radius 1 is 1.44 bits per heavy atom. The van der Waals surface area contributed by atoms with Crippen LogP contribution in [0.25, 0.3) is 0 Å². The standard InChI is InChI=1S/C12H16F2N2O2/c1-2-3-9(15)6-8-4-5-10(16(17)18)7-11(8)12(13)14/h4-5,7,9,12H,2-3,6,15H2,1H3. The topological polar surface area (TPSA) is 69.2 Å². The lowest BCUT2D eigenvalue weighted by Crippen LogP contribution is -2.23. The highest BCUT2D eigenvalue weighted by Crippen LogP contribution is 2.28. The zero-order valence-electron chi connectivity index (χ0n) is 10.1. The van der Waals surface area contributed by atoms with Crippen molar-refractivity contribution in [3.05, 3.63) is 39.4 Å². The third kappa shape index (κ3) is 3.73. The highest BCUT2D eigenvalue weighted by Gasteiger charge is 2.18. The normalized spacial score (nSPS) is 12.7. The molecule has 18 heavy (non-hydrogen) atoms. The summed E-state index contributed by atoms with van der Waals surface area (Å²) in [6.07, 6.45) is -0.808. The van der Waals surface area contributed by atoms with Crippen LogP contribution in [0.2, 0.25) is 0 Å². The second-order valence-corrected chi connectivity index (χ2v) is 4.19. The Morgan fingerprint density at radius 2 is 2.11 bits per heavy atom. The van der Waals surface area contributed by atoms with Crippen LogP contribution in [0.5, 0.6) is 0 Å². The molecule has 0 bridgehead atoms. The van der Waals surface area contributed by atoms with Crippen LogP contribution in [0.4, 0.5) is 14.5 Å². The lowest BCUT2D eigenvalue weighted by molar-refractivity contribution is -0.385. The Balaban J connectivity index is 3.00. The summed E-state index contributed by atoms with van der Waals surface area (Å²) >= 11 is 0. The summed E-state index contributed by atoms with van der Waals surface area (Å²) in [4.78, 5) is 9.87. The van der Waals surface area contributed by atoms with Gasteiger partial charge in [-0.3, -0.25) is 10.1 Å². The van der Waals surface area contributed by atoms with E-state index in [-0.39, 0.29) is 17.3 Å². The van der Waals surface area contributed by atoms with Gasteiger partial charge in [0.2, 0.25) is 0 Å². The molecule has 1 rings (SSSR count). The number of nitro benzene ring substituents is 1. The number of hydrogen-bond donors (Lipinski definition) is 1. The largest absolute Gasteiger partial charge is 0.327 e. The second-order valence-electron chi connectivity index (χ2n) is 4.19. The monoisotopic (exact) mass is 258 g/mol. The molecule has 1 aromatic rings. The molecular weight excluding hydrogens is 242 g/mol. The number of non-ortho nitro benzene ring substituents is 1. The third-order valence-corrected chi connectivity index (χ3v) is 2.72. The fourth-order valence-electron chi connectivity index (χ4n) is 1.84. The van der Waals surface area contributed by atoms with E-state index in [1.165, 1.54) is 12.1 Å². The zero-order chi connectivity index (χ0) is 13.7. The van der Waals surface area contributed by atoms with Crippen LogP contribution in [-0.4, -0.2) is 11.0 Å². The summed E-state index contributed by atoms with van der Waals surface area (Å²) in [6, 6.07) is 3.34. The van der Waals surface area contributed by atoms with Gasteiger partial charge in [0.1, 0.15) is 0 Å². The Kier molecular flexibility index (Phi) is 5.15. The number of alkyl halides is 2. The fourth-order valence-corrected chi connectivity index (χ4v) is 1.84. The highest BCUT2D eigenvalue weighted by atomic mass is 19.3. The minimum atomic E-state index is -2.73. The summed E-state index contributed by atoms with van der Waals surface area (Å²) in [5, 5.41) is 10.5. The minimum absolute atomic E-state index is 0.200. The molecule has 0 aromatic heterocycles. The average Bonchev–Trinajstić information content (AvgIpc) is 2.29. The van der Waals surface area contributed by atoms with E-state index >= 15 is 0 Å². The Bertz CT molecular complexity index is 425. The van der Waals surface area contributed by atoms with E-state index in [2.05, 4.69) is 0 Å². The number of nitrogens with zero attached hydrogens (tertiary/aromatic N) is 1. The van der Waals surface area contributed by atoms with E-state index in [0.717, 1.165) is 18.9 Å². The maximum Gasteiger partial charge on any atom is 0.269 e. The molecule has 100 valence electrons. The summed E-state index contributed by atoms with van der Waals surface area (Å²) in [5.74, 6) is 0. The van der Waals surface area contributed by atoms with Crippen molar-refractivity contribution in [2.75, 3.05) is 0 Å². The smallest absolute Gasteiger partial charge is 0.269 e. The molecule has 0 aliphatic rings. The van der Waals surface area contributed by atoms with E-state index in [9.17, 15) is 18.9 Å². The molecule has 1 unspecified atom stereocenters. The van der Waals surface area contributed by atoms with Crippen molar-refractivity contribution in [3.8, 4) is 0 Å². The number of hydrogen-bond acceptors (Lipinski definition) is 3. The van der Waals surface area contributed by atoms with Gasteiger partial charge in [-0.15, -0.1) is 0 Å². The van der Waals surface area contributed by atoms with Crippen LogP contribution < -0.4 is 5.73 Å². The molecule has 0 aliphatic heterocycles. The van der Waals surface area contributed by atoms with Gasteiger partial charge in [0.15, 0.2) is 0 Å². The molecule has 0 radical (unpaired) electrons. The fraction of sp³-hybridized carbons (Fsp3) is 0.500. The van der Waals surface area contributed by atoms with Gasteiger partial charge in [0, 0.05) is 23.7 Å². The van der Waals surface area contributed by atoms with E-state index in [0.29, 0.717) is 12.0 Å². The van der Waals surface area contributed by atoms with Crippen LogP contribution in [-0.2, 0) is 6.42 Å². The number of halogens is 2. The quantitative estimate of drug-likeness (QED) is 0.629. The van der Waals surface area contributed by atoms with Gasteiger partial charge in [-0.1, -0.05) is 19.4 Å². The summed E-state index contributed by atoms with van der Waals surface area (Å²) in [6.45, 7) is 1.96. The predicted octanol–water partition coefficient (Wildman–Crippen LogP) is 3.20. The SMILES string of the molecule is CCCC(N)Cc1ccc([N+](=O)[O-])cc1C(F)F. The number of rotatable bonds is 6. The van der Waals surface area contributed by atoms with Crippen molar-refractivity contribution in [1.29, 1.82) is 0 Å². The van der Waals surface area contributed by atoms with Crippen molar-refractivity contribution in [3.63, 3.8) is 0 Å². The highest BCUT2D eigenvalue weighted by molar-refractivity contribution is 5.41. The van der Waals surface area contributed by atoms with E-state index in [4.69, 9.17) is 5.73 Å². The third-order valence-electron chi connectivity index (χ3n) is 2.72. The second kappa shape index (κ2) is 6.39. The molecule has 0 amide bonds. The van der Waals surface area contributed by atoms with Crippen molar-refractivity contribution < 1.29 is 13.7 Å². The van der Waals surface area contributed by atoms with Gasteiger partial charge in [-0.2, -0.15) is 0 Å². The van der Waals surface area contributed by atoms with E-state index < -0.39 is 11.3 Å². The molecule has 1 atom stereocenters. The van der Waals surface area contributed by atoms with Gasteiger partial charge in [-0.05, 0) is 18.4 Å². The molecular formula is C12H16F2N2O2. The van der Waals surface area contributed by atoms with Gasteiger partial charge >= 0.3 is 0 Å². The Hall–Kier alpha value is -1.56. The number of benzene rings is 1. The summed E-state index contributed by atoms with van der Waals surface area (Å²) in [7, 11) is 0. The van der Waals surface area contributed by atoms with Crippen LogP contribution in [0.15, 0.2) is 18.2 Å². The molecule has 0 spiro atoms. The van der Waals surface area contributed by atoms with Crippen molar-refractivity contribution in [2.45, 2.75) is 38.7 Å². The Morgan fingerprint density at radius 3 is 2.61 bits per heavy atom. The lowest BCUT2D eigenvalue weighted by atomic mass is 9.98. The zero-order valence-corrected chi connectivity index (χ0v) is 10.1. The van der Waals surface area contributed by atoms with E-state index in [1.807, 2.05) is 6.92 Å². The maximum atomic E-state index is 12.8.